The molecular formula is C25H24ClFN4O2. The molecular weight excluding hydrogens is 443 g/mol. The van der Waals surface area contributed by atoms with Crippen molar-refractivity contribution in [2.75, 3.05) is 36.4 Å². The average Bonchev–Trinajstić information content (AvgIpc) is 2.85. The molecule has 1 heterocycles. The first-order chi connectivity index (χ1) is 16.0. The van der Waals surface area contributed by atoms with Crippen LogP contribution in [0.5, 0.6) is 0 Å². The molecule has 0 bridgehead atoms. The number of carbonyl (C=O) groups is 2. The quantitative estimate of drug-likeness (QED) is 0.573. The zero-order chi connectivity index (χ0) is 23.2. The summed E-state index contributed by atoms with van der Waals surface area (Å²) in [6.45, 7) is 2.24. The number of anilines is 2. The summed E-state index contributed by atoms with van der Waals surface area (Å²) in [7, 11) is 0. The Kier molecular flexibility index (Phi) is 7.10. The first kappa shape index (κ1) is 22.6. The number of halogens is 2. The maximum absolute atomic E-state index is 13.4. The van der Waals surface area contributed by atoms with Crippen molar-refractivity contribution in [1.82, 2.24) is 10.2 Å². The van der Waals surface area contributed by atoms with E-state index < -0.39 is 12.1 Å². The van der Waals surface area contributed by atoms with Crippen LogP contribution in [0.15, 0.2) is 78.9 Å². The number of hydrogen-bond donors (Lipinski definition) is 2. The van der Waals surface area contributed by atoms with Crippen LogP contribution in [-0.2, 0) is 4.79 Å². The van der Waals surface area contributed by atoms with E-state index in [0.717, 1.165) is 5.69 Å². The molecule has 0 aromatic heterocycles. The summed E-state index contributed by atoms with van der Waals surface area (Å²) in [5.74, 6) is -0.451. The van der Waals surface area contributed by atoms with Crippen LogP contribution in [0, 0.1) is 5.82 Å². The molecule has 0 spiro atoms. The molecule has 3 aromatic rings. The predicted molar refractivity (Wildman–Crippen MR) is 128 cm³/mol. The maximum atomic E-state index is 13.4. The average molecular weight is 467 g/mol. The third-order valence-corrected chi connectivity index (χ3v) is 5.79. The monoisotopic (exact) mass is 466 g/mol. The number of nitrogens with zero attached hydrogens (tertiary/aromatic N) is 2. The van der Waals surface area contributed by atoms with Gasteiger partial charge in [-0.3, -0.25) is 4.79 Å². The highest BCUT2D eigenvalue weighted by atomic mass is 35.5. The van der Waals surface area contributed by atoms with Gasteiger partial charge in [0, 0.05) is 42.6 Å². The highest BCUT2D eigenvalue weighted by Gasteiger charge is 2.30. The third-order valence-electron chi connectivity index (χ3n) is 5.54. The van der Waals surface area contributed by atoms with Gasteiger partial charge in [-0.15, -0.1) is 0 Å². The van der Waals surface area contributed by atoms with E-state index in [9.17, 15) is 14.0 Å². The van der Waals surface area contributed by atoms with Gasteiger partial charge in [0.2, 0.25) is 5.91 Å². The first-order valence-electron chi connectivity index (χ1n) is 10.7. The lowest BCUT2D eigenvalue weighted by Crippen LogP contribution is -2.52. The van der Waals surface area contributed by atoms with Crippen molar-refractivity contribution < 1.29 is 14.0 Å². The Balaban J connectivity index is 1.43. The molecule has 8 heteroatoms. The van der Waals surface area contributed by atoms with Crippen molar-refractivity contribution in [3.63, 3.8) is 0 Å². The molecule has 0 aliphatic carbocycles. The summed E-state index contributed by atoms with van der Waals surface area (Å²) in [6.07, 6.45) is 0. The van der Waals surface area contributed by atoms with Gasteiger partial charge in [0.25, 0.3) is 0 Å². The summed E-state index contributed by atoms with van der Waals surface area (Å²) < 4.78 is 13.2. The zero-order valence-electron chi connectivity index (χ0n) is 17.9. The maximum Gasteiger partial charge on any atom is 0.320 e. The molecule has 1 aliphatic rings. The van der Waals surface area contributed by atoms with Crippen LogP contribution in [0.25, 0.3) is 0 Å². The second kappa shape index (κ2) is 10.4. The van der Waals surface area contributed by atoms with Crippen molar-refractivity contribution in [2.45, 2.75) is 6.04 Å². The van der Waals surface area contributed by atoms with Crippen molar-refractivity contribution in [3.8, 4) is 0 Å². The number of piperazine rings is 1. The Morgan fingerprint density at radius 2 is 1.48 bits per heavy atom. The number of hydrogen-bond acceptors (Lipinski definition) is 3. The number of rotatable bonds is 5. The van der Waals surface area contributed by atoms with Crippen molar-refractivity contribution in [3.05, 3.63) is 95.3 Å². The molecule has 33 heavy (non-hydrogen) atoms. The van der Waals surface area contributed by atoms with Gasteiger partial charge in [-0.1, -0.05) is 41.9 Å². The minimum atomic E-state index is -0.823. The number of benzene rings is 3. The molecule has 1 saturated heterocycles. The Bertz CT molecular complexity index is 1090. The van der Waals surface area contributed by atoms with Crippen LogP contribution >= 0.6 is 11.6 Å². The highest BCUT2D eigenvalue weighted by Crippen LogP contribution is 2.21. The van der Waals surface area contributed by atoms with E-state index in [1.54, 1.807) is 41.3 Å². The second-order valence-electron chi connectivity index (χ2n) is 7.74. The minimum absolute atomic E-state index is 0.175. The standard InChI is InChI=1S/C25H24ClFN4O2/c26-19-6-10-21(11-7-19)28-25(33)29-23(18-4-2-1-3-5-18)24(32)31-16-14-30(15-17-31)22-12-8-20(27)9-13-22/h1-13,23H,14-17H2,(H2,28,29,33). The van der Waals surface area contributed by atoms with Gasteiger partial charge < -0.3 is 20.4 Å². The van der Waals surface area contributed by atoms with Gasteiger partial charge in [-0.05, 0) is 54.1 Å². The number of carbonyl (C=O) groups excluding carboxylic acids is 2. The van der Waals surface area contributed by atoms with E-state index >= 15 is 0 Å². The van der Waals surface area contributed by atoms with Crippen LogP contribution in [0.3, 0.4) is 0 Å². The van der Waals surface area contributed by atoms with Crippen molar-refractivity contribution in [2.24, 2.45) is 0 Å². The summed E-state index contributed by atoms with van der Waals surface area (Å²) in [4.78, 5) is 29.9. The lowest BCUT2D eigenvalue weighted by atomic mass is 10.1. The molecule has 170 valence electrons. The molecule has 0 saturated carbocycles. The first-order valence-corrected chi connectivity index (χ1v) is 11.0. The molecule has 1 aliphatic heterocycles. The fourth-order valence-electron chi connectivity index (χ4n) is 3.78. The largest absolute Gasteiger partial charge is 0.368 e. The Morgan fingerprint density at radius 3 is 2.12 bits per heavy atom. The van der Waals surface area contributed by atoms with E-state index in [1.165, 1.54) is 12.1 Å². The van der Waals surface area contributed by atoms with Gasteiger partial charge in [-0.2, -0.15) is 0 Å². The minimum Gasteiger partial charge on any atom is -0.368 e. The molecule has 3 aromatic carbocycles. The van der Waals surface area contributed by atoms with Crippen LogP contribution in [0.2, 0.25) is 5.02 Å². The summed E-state index contributed by atoms with van der Waals surface area (Å²) in [5.41, 5.74) is 2.20. The van der Waals surface area contributed by atoms with Crippen molar-refractivity contribution >= 4 is 34.9 Å². The summed E-state index contributed by atoms with van der Waals surface area (Å²) in [5, 5.41) is 6.12. The van der Waals surface area contributed by atoms with Gasteiger partial charge in [0.15, 0.2) is 0 Å². The topological polar surface area (TPSA) is 64.7 Å². The zero-order valence-corrected chi connectivity index (χ0v) is 18.6. The molecule has 6 nitrogen and oxygen atoms in total. The van der Waals surface area contributed by atoms with E-state index in [4.69, 9.17) is 11.6 Å². The van der Waals surface area contributed by atoms with Crippen LogP contribution in [-0.4, -0.2) is 43.0 Å². The lowest BCUT2D eigenvalue weighted by Gasteiger charge is -2.37. The van der Waals surface area contributed by atoms with Gasteiger partial charge in [0.05, 0.1) is 0 Å². The fourth-order valence-corrected chi connectivity index (χ4v) is 3.91. The smallest absolute Gasteiger partial charge is 0.320 e. The van der Waals surface area contributed by atoms with Crippen LogP contribution < -0.4 is 15.5 Å². The summed E-state index contributed by atoms with van der Waals surface area (Å²) >= 11 is 5.90. The molecule has 2 N–H and O–H groups in total. The van der Waals surface area contributed by atoms with Gasteiger partial charge >= 0.3 is 6.03 Å². The van der Waals surface area contributed by atoms with E-state index in [0.29, 0.717) is 42.5 Å². The van der Waals surface area contributed by atoms with Crippen molar-refractivity contribution in [1.29, 1.82) is 0 Å². The number of urea groups is 1. The molecule has 1 atom stereocenters. The SMILES string of the molecule is O=C(Nc1ccc(Cl)cc1)NC(C(=O)N1CCN(c2ccc(F)cc2)CC1)c1ccccc1. The molecule has 3 amide bonds. The number of nitrogens with one attached hydrogen (secondary N) is 2. The van der Waals surface area contributed by atoms with Gasteiger partial charge in [-0.25, -0.2) is 9.18 Å². The Labute approximate surface area is 197 Å². The fraction of sp³-hybridized carbons (Fsp3) is 0.200. The van der Waals surface area contributed by atoms with Gasteiger partial charge in [0.1, 0.15) is 11.9 Å². The normalized spacial score (nSPS) is 14.5. The summed E-state index contributed by atoms with van der Waals surface area (Å²) in [6, 6.07) is 20.9. The second-order valence-corrected chi connectivity index (χ2v) is 8.17. The van der Waals surface area contributed by atoms with E-state index in [-0.39, 0.29) is 11.7 Å². The highest BCUT2D eigenvalue weighted by molar-refractivity contribution is 6.30. The lowest BCUT2D eigenvalue weighted by molar-refractivity contribution is -0.133. The predicted octanol–water partition coefficient (Wildman–Crippen LogP) is 4.69. The van der Waals surface area contributed by atoms with Crippen LogP contribution in [0.1, 0.15) is 11.6 Å². The Hall–Kier alpha value is -3.58. The number of amides is 3. The molecule has 1 unspecified atom stereocenters. The molecule has 0 radical (unpaired) electrons. The third kappa shape index (κ3) is 5.81. The van der Waals surface area contributed by atoms with Crippen LogP contribution in [0.4, 0.5) is 20.6 Å². The van der Waals surface area contributed by atoms with E-state index in [1.807, 2.05) is 30.3 Å². The molecule has 1 fully saturated rings. The Morgan fingerprint density at radius 1 is 0.848 bits per heavy atom. The molecule has 4 rings (SSSR count). The van der Waals surface area contributed by atoms with E-state index in [2.05, 4.69) is 15.5 Å².